The zero-order valence-corrected chi connectivity index (χ0v) is 12.5. The lowest BCUT2D eigenvalue weighted by atomic mass is 9.94. The van der Waals surface area contributed by atoms with Gasteiger partial charge < -0.3 is 14.8 Å². The molecule has 1 aliphatic rings. The zero-order valence-electron chi connectivity index (χ0n) is 12.5. The summed E-state index contributed by atoms with van der Waals surface area (Å²) >= 11 is 0. The molecule has 6 nitrogen and oxygen atoms in total. The van der Waals surface area contributed by atoms with Crippen LogP contribution in [0.25, 0.3) is 0 Å². The fraction of sp³-hybridized carbons (Fsp3) is 0.235. The molecule has 1 heterocycles. The van der Waals surface area contributed by atoms with Crippen molar-refractivity contribution in [1.82, 2.24) is 0 Å². The Kier molecular flexibility index (Phi) is 3.73. The third-order valence-corrected chi connectivity index (χ3v) is 3.88. The Labute approximate surface area is 132 Å². The van der Waals surface area contributed by atoms with Crippen molar-refractivity contribution in [2.45, 2.75) is 26.2 Å². The first kappa shape index (κ1) is 15.0. The van der Waals surface area contributed by atoms with E-state index in [4.69, 9.17) is 9.52 Å². The Morgan fingerprint density at radius 2 is 2.04 bits per heavy atom. The number of fused-ring (bicyclic) bond motifs is 1. The molecule has 0 spiro atoms. The minimum atomic E-state index is -1.07. The standard InChI is InChI=1S/C17H15NO5/c1-9-14-12(19)6-3-7-13(14)23-15(9)16(20)18-11-5-2-4-10(8-11)17(21)22/h2,4-5,8H,3,6-7H2,1H3,(H,18,20)(H,21,22). The number of Topliss-reactive ketones (excluding diaryl/α,β-unsaturated/α-hetero) is 1. The SMILES string of the molecule is Cc1c(C(=O)Nc2cccc(C(=O)O)c2)oc2c1C(=O)CCC2. The Bertz CT molecular complexity index is 818. The van der Waals surface area contributed by atoms with E-state index in [0.29, 0.717) is 35.4 Å². The average Bonchev–Trinajstić information content (AvgIpc) is 2.86. The minimum Gasteiger partial charge on any atom is -0.478 e. The summed E-state index contributed by atoms with van der Waals surface area (Å²) in [5, 5.41) is 11.6. The molecular weight excluding hydrogens is 298 g/mol. The maximum absolute atomic E-state index is 12.4. The number of carboxylic acids is 1. The van der Waals surface area contributed by atoms with Crippen LogP contribution in [0.3, 0.4) is 0 Å². The van der Waals surface area contributed by atoms with Crippen LogP contribution in [0.5, 0.6) is 0 Å². The molecule has 0 fully saturated rings. The minimum absolute atomic E-state index is 0.000533. The average molecular weight is 313 g/mol. The number of hydrogen-bond acceptors (Lipinski definition) is 4. The molecule has 1 aromatic carbocycles. The van der Waals surface area contributed by atoms with Gasteiger partial charge in [-0.2, -0.15) is 0 Å². The van der Waals surface area contributed by atoms with Gasteiger partial charge >= 0.3 is 5.97 Å². The molecule has 0 bridgehead atoms. The number of benzene rings is 1. The molecule has 1 amide bonds. The van der Waals surface area contributed by atoms with Crippen LogP contribution in [-0.4, -0.2) is 22.8 Å². The Morgan fingerprint density at radius 3 is 2.74 bits per heavy atom. The molecule has 0 saturated heterocycles. The highest BCUT2D eigenvalue weighted by molar-refractivity contribution is 6.07. The van der Waals surface area contributed by atoms with Gasteiger partial charge in [0.05, 0.1) is 11.1 Å². The Hall–Kier alpha value is -2.89. The second-order valence-corrected chi connectivity index (χ2v) is 5.47. The maximum Gasteiger partial charge on any atom is 0.335 e. The number of amides is 1. The number of furan rings is 1. The number of nitrogens with one attached hydrogen (secondary N) is 1. The first-order valence-electron chi connectivity index (χ1n) is 7.27. The highest BCUT2D eigenvalue weighted by atomic mass is 16.4. The molecule has 3 rings (SSSR count). The lowest BCUT2D eigenvalue weighted by Gasteiger charge is -2.07. The molecule has 23 heavy (non-hydrogen) atoms. The molecule has 2 aromatic rings. The second kappa shape index (κ2) is 5.72. The Morgan fingerprint density at radius 1 is 1.26 bits per heavy atom. The quantitative estimate of drug-likeness (QED) is 0.907. The number of rotatable bonds is 3. The van der Waals surface area contributed by atoms with Gasteiger partial charge in [-0.05, 0) is 31.5 Å². The summed E-state index contributed by atoms with van der Waals surface area (Å²) in [6.45, 7) is 1.69. The molecule has 0 saturated carbocycles. The highest BCUT2D eigenvalue weighted by Crippen LogP contribution is 2.29. The molecule has 6 heteroatoms. The first-order chi connectivity index (χ1) is 11.0. The van der Waals surface area contributed by atoms with Crippen molar-refractivity contribution in [3.63, 3.8) is 0 Å². The number of anilines is 1. The monoisotopic (exact) mass is 313 g/mol. The predicted octanol–water partition coefficient (Wildman–Crippen LogP) is 3.06. The summed E-state index contributed by atoms with van der Waals surface area (Å²) < 4.78 is 5.57. The number of aromatic carboxylic acids is 1. The topological polar surface area (TPSA) is 96.6 Å². The molecule has 1 aliphatic carbocycles. The highest BCUT2D eigenvalue weighted by Gasteiger charge is 2.28. The first-order valence-corrected chi connectivity index (χ1v) is 7.27. The van der Waals surface area contributed by atoms with E-state index < -0.39 is 11.9 Å². The number of carbonyl (C=O) groups is 3. The summed E-state index contributed by atoms with van der Waals surface area (Å²) in [4.78, 5) is 35.3. The summed E-state index contributed by atoms with van der Waals surface area (Å²) in [7, 11) is 0. The van der Waals surface area contributed by atoms with E-state index in [-0.39, 0.29) is 17.1 Å². The predicted molar refractivity (Wildman–Crippen MR) is 82.1 cm³/mol. The fourth-order valence-electron chi connectivity index (χ4n) is 2.78. The van der Waals surface area contributed by atoms with Crippen LogP contribution in [0.2, 0.25) is 0 Å². The number of hydrogen-bond donors (Lipinski definition) is 2. The van der Waals surface area contributed by atoms with Crippen LogP contribution in [0.4, 0.5) is 5.69 Å². The van der Waals surface area contributed by atoms with Gasteiger partial charge in [0, 0.05) is 24.1 Å². The third-order valence-electron chi connectivity index (χ3n) is 3.88. The van der Waals surface area contributed by atoms with E-state index >= 15 is 0 Å². The van der Waals surface area contributed by atoms with Crippen LogP contribution in [0, 0.1) is 6.92 Å². The van der Waals surface area contributed by atoms with E-state index in [9.17, 15) is 14.4 Å². The van der Waals surface area contributed by atoms with Crippen LogP contribution in [0.15, 0.2) is 28.7 Å². The molecule has 1 aromatic heterocycles. The fourth-order valence-corrected chi connectivity index (χ4v) is 2.78. The van der Waals surface area contributed by atoms with Gasteiger partial charge in [-0.1, -0.05) is 6.07 Å². The molecule has 0 radical (unpaired) electrons. The molecule has 118 valence electrons. The summed E-state index contributed by atoms with van der Waals surface area (Å²) in [5.41, 5.74) is 1.49. The smallest absolute Gasteiger partial charge is 0.335 e. The van der Waals surface area contributed by atoms with Gasteiger partial charge in [-0.25, -0.2) is 4.79 Å². The maximum atomic E-state index is 12.4. The van der Waals surface area contributed by atoms with Crippen molar-refractivity contribution >= 4 is 23.3 Å². The lowest BCUT2D eigenvalue weighted by Crippen LogP contribution is -2.13. The van der Waals surface area contributed by atoms with Crippen molar-refractivity contribution in [1.29, 1.82) is 0 Å². The van der Waals surface area contributed by atoms with Gasteiger partial charge in [-0.3, -0.25) is 9.59 Å². The van der Waals surface area contributed by atoms with Gasteiger partial charge in [0.15, 0.2) is 11.5 Å². The normalized spacial score (nSPS) is 13.5. The van der Waals surface area contributed by atoms with Crippen LogP contribution in [0.1, 0.15) is 55.4 Å². The number of aryl methyl sites for hydroxylation is 1. The van der Waals surface area contributed by atoms with Crippen molar-refractivity contribution < 1.29 is 23.9 Å². The van der Waals surface area contributed by atoms with Gasteiger partial charge in [0.25, 0.3) is 5.91 Å². The molecule has 0 atom stereocenters. The summed E-state index contributed by atoms with van der Waals surface area (Å²) in [6, 6.07) is 5.94. The van der Waals surface area contributed by atoms with Crippen LogP contribution >= 0.6 is 0 Å². The number of ketones is 1. The van der Waals surface area contributed by atoms with Gasteiger partial charge in [0.1, 0.15) is 5.76 Å². The number of carboxylic acid groups (broad SMARTS) is 1. The van der Waals surface area contributed by atoms with Crippen LogP contribution in [-0.2, 0) is 6.42 Å². The molecular formula is C17H15NO5. The molecule has 2 N–H and O–H groups in total. The van der Waals surface area contributed by atoms with E-state index in [1.807, 2.05) is 0 Å². The second-order valence-electron chi connectivity index (χ2n) is 5.47. The van der Waals surface area contributed by atoms with E-state index in [2.05, 4.69) is 5.32 Å². The van der Waals surface area contributed by atoms with Crippen molar-refractivity contribution in [2.75, 3.05) is 5.32 Å². The van der Waals surface area contributed by atoms with Gasteiger partial charge in [-0.15, -0.1) is 0 Å². The Balaban J connectivity index is 1.88. The van der Waals surface area contributed by atoms with E-state index in [1.54, 1.807) is 19.1 Å². The lowest BCUT2D eigenvalue weighted by molar-refractivity contribution is 0.0696. The largest absolute Gasteiger partial charge is 0.478 e. The third kappa shape index (κ3) is 2.75. The zero-order chi connectivity index (χ0) is 16.6. The van der Waals surface area contributed by atoms with Crippen molar-refractivity contribution in [2.24, 2.45) is 0 Å². The van der Waals surface area contributed by atoms with Crippen LogP contribution < -0.4 is 5.32 Å². The summed E-state index contributed by atoms with van der Waals surface area (Å²) in [5.74, 6) is -0.905. The van der Waals surface area contributed by atoms with Crippen molar-refractivity contribution in [3.8, 4) is 0 Å². The summed E-state index contributed by atoms with van der Waals surface area (Å²) in [6.07, 6.45) is 1.83. The number of carbonyl (C=O) groups excluding carboxylic acids is 2. The van der Waals surface area contributed by atoms with E-state index in [0.717, 1.165) is 6.42 Å². The van der Waals surface area contributed by atoms with Crippen molar-refractivity contribution in [3.05, 3.63) is 52.5 Å². The van der Waals surface area contributed by atoms with E-state index in [1.165, 1.54) is 12.1 Å². The molecule has 0 aliphatic heterocycles. The van der Waals surface area contributed by atoms with Gasteiger partial charge in [0.2, 0.25) is 0 Å². The molecule has 0 unspecified atom stereocenters.